The number of piperidine rings is 1. The first-order chi connectivity index (χ1) is 12.3. The molecule has 0 spiro atoms. The van der Waals surface area contributed by atoms with E-state index in [2.05, 4.69) is 20.2 Å². The minimum atomic E-state index is -0.0495. The fourth-order valence-corrected chi connectivity index (χ4v) is 3.21. The molecule has 1 N–H and O–H groups in total. The summed E-state index contributed by atoms with van der Waals surface area (Å²) in [5.41, 5.74) is 0.997. The molecule has 0 radical (unpaired) electrons. The van der Waals surface area contributed by atoms with Crippen molar-refractivity contribution in [1.29, 1.82) is 0 Å². The van der Waals surface area contributed by atoms with Crippen LogP contribution in [0.3, 0.4) is 0 Å². The number of hydrogen-bond donors (Lipinski definition) is 1. The van der Waals surface area contributed by atoms with Gasteiger partial charge in [-0.2, -0.15) is 0 Å². The van der Waals surface area contributed by atoms with Crippen molar-refractivity contribution in [2.45, 2.75) is 19.4 Å². The number of nitrogens with one attached hydrogen (secondary N) is 1. The van der Waals surface area contributed by atoms with Gasteiger partial charge in [0.2, 0.25) is 18.6 Å². The van der Waals surface area contributed by atoms with Crippen LogP contribution >= 0.6 is 0 Å². The van der Waals surface area contributed by atoms with Crippen molar-refractivity contribution in [1.82, 2.24) is 15.3 Å². The third kappa shape index (κ3) is 3.50. The molecule has 3 heterocycles. The van der Waals surface area contributed by atoms with Gasteiger partial charge in [-0.3, -0.25) is 4.79 Å². The maximum Gasteiger partial charge on any atom is 0.231 e. The largest absolute Gasteiger partial charge is 0.454 e. The minimum absolute atomic E-state index is 0.0495. The second-order valence-electron chi connectivity index (χ2n) is 6.24. The number of anilines is 1. The second-order valence-corrected chi connectivity index (χ2v) is 6.24. The number of amides is 1. The average molecular weight is 340 g/mol. The van der Waals surface area contributed by atoms with Crippen molar-refractivity contribution in [3.05, 3.63) is 42.2 Å². The number of aromatic nitrogens is 2. The van der Waals surface area contributed by atoms with Gasteiger partial charge in [-0.05, 0) is 36.6 Å². The molecule has 1 unspecified atom stereocenters. The highest BCUT2D eigenvalue weighted by molar-refractivity contribution is 5.79. The Balaban J connectivity index is 1.34. The lowest BCUT2D eigenvalue weighted by Crippen LogP contribution is -2.43. The lowest BCUT2D eigenvalue weighted by Gasteiger charge is -2.31. The summed E-state index contributed by atoms with van der Waals surface area (Å²) in [5.74, 6) is 2.19. The maximum atomic E-state index is 12.5. The topological polar surface area (TPSA) is 76.6 Å². The molecule has 7 nitrogen and oxygen atoms in total. The van der Waals surface area contributed by atoms with E-state index in [-0.39, 0.29) is 18.6 Å². The van der Waals surface area contributed by atoms with E-state index in [1.807, 2.05) is 18.2 Å². The molecule has 4 rings (SSSR count). The highest BCUT2D eigenvalue weighted by Gasteiger charge is 2.27. The fourth-order valence-electron chi connectivity index (χ4n) is 3.21. The lowest BCUT2D eigenvalue weighted by molar-refractivity contribution is -0.125. The van der Waals surface area contributed by atoms with Crippen LogP contribution in [0.2, 0.25) is 0 Å². The summed E-state index contributed by atoms with van der Waals surface area (Å²) in [5, 5.41) is 3.03. The van der Waals surface area contributed by atoms with E-state index in [1.54, 1.807) is 18.5 Å². The van der Waals surface area contributed by atoms with E-state index in [0.717, 1.165) is 36.4 Å². The predicted molar refractivity (Wildman–Crippen MR) is 91.4 cm³/mol. The van der Waals surface area contributed by atoms with Crippen LogP contribution in [-0.4, -0.2) is 35.8 Å². The van der Waals surface area contributed by atoms with Crippen LogP contribution in [0.1, 0.15) is 18.4 Å². The Morgan fingerprint density at radius 1 is 1.24 bits per heavy atom. The standard InChI is InChI=1S/C18H20N4O3/c23-17(21-10-13-4-5-15-16(9-13)25-12-24-15)14-3-1-8-22(11-14)18-19-6-2-7-20-18/h2,4-7,9,14H,1,3,8,10-12H2,(H,21,23). The van der Waals surface area contributed by atoms with E-state index in [1.165, 1.54) is 0 Å². The Hall–Kier alpha value is -2.83. The van der Waals surface area contributed by atoms with E-state index < -0.39 is 0 Å². The van der Waals surface area contributed by atoms with Gasteiger partial charge >= 0.3 is 0 Å². The van der Waals surface area contributed by atoms with Gasteiger partial charge in [0, 0.05) is 32.0 Å². The average Bonchev–Trinajstić information content (AvgIpc) is 3.15. The van der Waals surface area contributed by atoms with Gasteiger partial charge in [0.25, 0.3) is 0 Å². The number of rotatable bonds is 4. The molecule has 1 amide bonds. The van der Waals surface area contributed by atoms with Gasteiger partial charge in [0.15, 0.2) is 11.5 Å². The van der Waals surface area contributed by atoms with Gasteiger partial charge in [-0.25, -0.2) is 9.97 Å². The lowest BCUT2D eigenvalue weighted by atomic mass is 9.97. The number of fused-ring (bicyclic) bond motifs is 1. The van der Waals surface area contributed by atoms with Gasteiger partial charge in [-0.15, -0.1) is 0 Å². The van der Waals surface area contributed by atoms with Crippen LogP contribution < -0.4 is 19.7 Å². The molecule has 130 valence electrons. The molecule has 0 aliphatic carbocycles. The molecule has 1 aromatic carbocycles. The Labute approximate surface area is 146 Å². The van der Waals surface area contributed by atoms with E-state index in [9.17, 15) is 4.79 Å². The molecule has 1 fully saturated rings. The summed E-state index contributed by atoms with van der Waals surface area (Å²) in [6.07, 6.45) is 5.30. The van der Waals surface area contributed by atoms with E-state index >= 15 is 0 Å². The Morgan fingerprint density at radius 3 is 2.96 bits per heavy atom. The number of benzene rings is 1. The van der Waals surface area contributed by atoms with Crippen molar-refractivity contribution in [3.63, 3.8) is 0 Å². The molecule has 1 aromatic heterocycles. The van der Waals surface area contributed by atoms with Gasteiger partial charge in [0.05, 0.1) is 5.92 Å². The van der Waals surface area contributed by atoms with Crippen LogP contribution in [0, 0.1) is 5.92 Å². The molecular weight excluding hydrogens is 320 g/mol. The molecule has 0 bridgehead atoms. The molecule has 2 aliphatic heterocycles. The highest BCUT2D eigenvalue weighted by Crippen LogP contribution is 2.32. The third-order valence-electron chi connectivity index (χ3n) is 4.53. The molecular formula is C18H20N4O3. The van der Waals surface area contributed by atoms with E-state index in [4.69, 9.17) is 9.47 Å². The summed E-state index contributed by atoms with van der Waals surface area (Å²) in [4.78, 5) is 23.2. The van der Waals surface area contributed by atoms with Gasteiger partial charge in [-0.1, -0.05) is 6.07 Å². The van der Waals surface area contributed by atoms with Crippen LogP contribution in [0.25, 0.3) is 0 Å². The molecule has 2 aromatic rings. The zero-order valence-corrected chi connectivity index (χ0v) is 13.9. The summed E-state index contributed by atoms with van der Waals surface area (Å²) < 4.78 is 10.7. The van der Waals surface area contributed by atoms with Crippen LogP contribution in [-0.2, 0) is 11.3 Å². The number of nitrogens with zero attached hydrogens (tertiary/aromatic N) is 3. The van der Waals surface area contributed by atoms with E-state index in [0.29, 0.717) is 19.0 Å². The number of carbonyl (C=O) groups is 1. The summed E-state index contributed by atoms with van der Waals surface area (Å²) in [7, 11) is 0. The van der Waals surface area contributed by atoms with Crippen molar-refractivity contribution < 1.29 is 14.3 Å². The first kappa shape index (κ1) is 15.7. The van der Waals surface area contributed by atoms with Gasteiger partial charge < -0.3 is 19.7 Å². The van der Waals surface area contributed by atoms with Crippen molar-refractivity contribution in [3.8, 4) is 11.5 Å². The summed E-state index contributed by atoms with van der Waals surface area (Å²) in [6, 6.07) is 7.52. The smallest absolute Gasteiger partial charge is 0.231 e. The number of hydrogen-bond acceptors (Lipinski definition) is 6. The normalized spacial score (nSPS) is 18.9. The maximum absolute atomic E-state index is 12.5. The first-order valence-electron chi connectivity index (χ1n) is 8.48. The molecule has 2 aliphatic rings. The fraction of sp³-hybridized carbons (Fsp3) is 0.389. The minimum Gasteiger partial charge on any atom is -0.454 e. The zero-order chi connectivity index (χ0) is 17.1. The second kappa shape index (κ2) is 6.96. The van der Waals surface area contributed by atoms with Crippen LogP contribution in [0.4, 0.5) is 5.95 Å². The van der Waals surface area contributed by atoms with Crippen LogP contribution in [0.15, 0.2) is 36.7 Å². The number of carbonyl (C=O) groups excluding carboxylic acids is 1. The van der Waals surface area contributed by atoms with Gasteiger partial charge in [0.1, 0.15) is 0 Å². The monoisotopic (exact) mass is 340 g/mol. The summed E-state index contributed by atoms with van der Waals surface area (Å²) >= 11 is 0. The molecule has 25 heavy (non-hydrogen) atoms. The number of ether oxygens (including phenoxy) is 2. The predicted octanol–water partition coefficient (Wildman–Crippen LogP) is 1.74. The van der Waals surface area contributed by atoms with Crippen molar-refractivity contribution >= 4 is 11.9 Å². The Kier molecular flexibility index (Phi) is 4.37. The van der Waals surface area contributed by atoms with Crippen LogP contribution in [0.5, 0.6) is 11.5 Å². The Bertz CT molecular complexity index is 753. The highest BCUT2D eigenvalue weighted by atomic mass is 16.7. The third-order valence-corrected chi connectivity index (χ3v) is 4.53. The SMILES string of the molecule is O=C(NCc1ccc2c(c1)OCO2)C1CCCN(c2ncccn2)C1. The molecule has 7 heteroatoms. The van der Waals surface area contributed by atoms with Crippen molar-refractivity contribution in [2.24, 2.45) is 5.92 Å². The molecule has 1 saturated heterocycles. The molecule has 0 saturated carbocycles. The van der Waals surface area contributed by atoms with Crippen molar-refractivity contribution in [2.75, 3.05) is 24.8 Å². The zero-order valence-electron chi connectivity index (χ0n) is 13.9. The molecule has 1 atom stereocenters. The quantitative estimate of drug-likeness (QED) is 0.914. The Morgan fingerprint density at radius 2 is 2.08 bits per heavy atom. The first-order valence-corrected chi connectivity index (χ1v) is 8.48. The summed E-state index contributed by atoms with van der Waals surface area (Å²) in [6.45, 7) is 2.27.